The van der Waals surface area contributed by atoms with Gasteiger partial charge < -0.3 is 4.90 Å². The first kappa shape index (κ1) is 14.5. The molecule has 0 N–H and O–H groups in total. The van der Waals surface area contributed by atoms with Crippen LogP contribution in [0.5, 0.6) is 0 Å². The number of rotatable bonds is 4. The fourth-order valence-corrected chi connectivity index (χ4v) is 2.71. The van der Waals surface area contributed by atoms with Crippen molar-refractivity contribution in [2.75, 3.05) is 13.1 Å². The first-order chi connectivity index (χ1) is 9.43. The molecule has 1 saturated heterocycles. The molecule has 1 atom stereocenters. The molecule has 1 aliphatic rings. The van der Waals surface area contributed by atoms with Crippen LogP contribution in [0, 0.1) is 12.3 Å². The van der Waals surface area contributed by atoms with Gasteiger partial charge in [0, 0.05) is 25.1 Å². The van der Waals surface area contributed by atoms with Crippen LogP contribution in [0.4, 0.5) is 0 Å². The van der Waals surface area contributed by atoms with Gasteiger partial charge in [-0.1, -0.05) is 43.3 Å². The van der Waals surface area contributed by atoms with Crippen LogP contribution in [-0.4, -0.2) is 29.7 Å². The summed E-state index contributed by atoms with van der Waals surface area (Å²) < 4.78 is 0. The van der Waals surface area contributed by atoms with E-state index < -0.39 is 0 Å². The Labute approximate surface area is 120 Å². The molecule has 2 rings (SSSR count). The number of ketones is 1. The summed E-state index contributed by atoms with van der Waals surface area (Å²) in [5.74, 6) is 0.108. The third-order valence-electron chi connectivity index (χ3n) is 4.01. The lowest BCUT2D eigenvalue weighted by Crippen LogP contribution is -2.30. The Morgan fingerprint density at radius 2 is 2.00 bits per heavy atom. The van der Waals surface area contributed by atoms with E-state index in [0.29, 0.717) is 19.5 Å². The molecule has 0 saturated carbocycles. The maximum Gasteiger partial charge on any atom is 0.245 e. The SMILES string of the molecule is C=CC(=O)N1CCC(C)(CC(=O)c2ccc(C)cc2)C1. The molecule has 106 valence electrons. The Kier molecular flexibility index (Phi) is 4.07. The number of likely N-dealkylation sites (tertiary alicyclic amines) is 1. The van der Waals surface area contributed by atoms with Crippen LogP contribution >= 0.6 is 0 Å². The highest BCUT2D eigenvalue weighted by atomic mass is 16.2. The summed E-state index contributed by atoms with van der Waals surface area (Å²) in [5, 5.41) is 0. The summed E-state index contributed by atoms with van der Waals surface area (Å²) in [6, 6.07) is 7.67. The molecule has 1 aliphatic heterocycles. The van der Waals surface area contributed by atoms with E-state index in [1.807, 2.05) is 31.2 Å². The fourth-order valence-electron chi connectivity index (χ4n) is 2.71. The van der Waals surface area contributed by atoms with Gasteiger partial charge in [0.15, 0.2) is 5.78 Å². The molecule has 0 radical (unpaired) electrons. The number of benzene rings is 1. The van der Waals surface area contributed by atoms with E-state index in [4.69, 9.17) is 0 Å². The van der Waals surface area contributed by atoms with Crippen LogP contribution in [0.3, 0.4) is 0 Å². The molecule has 0 aliphatic carbocycles. The zero-order valence-electron chi connectivity index (χ0n) is 12.2. The number of aryl methyl sites for hydroxylation is 1. The Hall–Kier alpha value is -1.90. The molecule has 1 fully saturated rings. The standard InChI is InChI=1S/C17H21NO2/c1-4-16(20)18-10-9-17(3,12-18)11-15(19)14-7-5-13(2)6-8-14/h4-8H,1,9-12H2,2-3H3. The zero-order chi connectivity index (χ0) is 14.8. The average Bonchev–Trinajstić information content (AvgIpc) is 2.80. The third kappa shape index (κ3) is 3.16. The summed E-state index contributed by atoms with van der Waals surface area (Å²) in [4.78, 5) is 25.7. The second-order valence-electron chi connectivity index (χ2n) is 5.99. The van der Waals surface area contributed by atoms with Crippen molar-refractivity contribution < 1.29 is 9.59 Å². The van der Waals surface area contributed by atoms with Gasteiger partial charge in [-0.05, 0) is 24.8 Å². The molecule has 0 bridgehead atoms. The number of hydrogen-bond donors (Lipinski definition) is 0. The van der Waals surface area contributed by atoms with Gasteiger partial charge in [0.2, 0.25) is 5.91 Å². The predicted molar refractivity (Wildman–Crippen MR) is 79.6 cm³/mol. The van der Waals surface area contributed by atoms with E-state index in [2.05, 4.69) is 13.5 Å². The summed E-state index contributed by atoms with van der Waals surface area (Å²) >= 11 is 0. The van der Waals surface area contributed by atoms with Crippen LogP contribution in [-0.2, 0) is 4.79 Å². The minimum Gasteiger partial charge on any atom is -0.339 e. The van der Waals surface area contributed by atoms with Gasteiger partial charge >= 0.3 is 0 Å². The molecule has 1 aromatic carbocycles. The second kappa shape index (κ2) is 5.61. The van der Waals surface area contributed by atoms with Gasteiger partial charge in [0.25, 0.3) is 0 Å². The Bertz CT molecular complexity index is 532. The van der Waals surface area contributed by atoms with Crippen molar-refractivity contribution in [3.8, 4) is 0 Å². The maximum atomic E-state index is 12.3. The number of amides is 1. The first-order valence-electron chi connectivity index (χ1n) is 6.95. The van der Waals surface area contributed by atoms with Crippen LogP contribution in [0.2, 0.25) is 0 Å². The number of Topliss-reactive ketones (excluding diaryl/α,β-unsaturated/α-hetero) is 1. The lowest BCUT2D eigenvalue weighted by atomic mass is 9.83. The average molecular weight is 271 g/mol. The number of carbonyl (C=O) groups is 2. The summed E-state index contributed by atoms with van der Waals surface area (Å²) in [6.07, 6.45) is 2.69. The van der Waals surface area contributed by atoms with Crippen molar-refractivity contribution in [1.29, 1.82) is 0 Å². The Balaban J connectivity index is 2.02. The molecule has 1 unspecified atom stereocenters. The molecule has 0 spiro atoms. The summed E-state index contributed by atoms with van der Waals surface area (Å²) in [5.41, 5.74) is 1.78. The quantitative estimate of drug-likeness (QED) is 0.623. The van der Waals surface area contributed by atoms with Crippen LogP contribution in [0.15, 0.2) is 36.9 Å². The van der Waals surface area contributed by atoms with Gasteiger partial charge in [0.05, 0.1) is 0 Å². The molecular weight excluding hydrogens is 250 g/mol. The lowest BCUT2D eigenvalue weighted by molar-refractivity contribution is -0.125. The molecule has 0 aromatic heterocycles. The summed E-state index contributed by atoms with van der Waals surface area (Å²) in [7, 11) is 0. The van der Waals surface area contributed by atoms with Crippen molar-refractivity contribution in [3.63, 3.8) is 0 Å². The first-order valence-corrected chi connectivity index (χ1v) is 6.95. The Morgan fingerprint density at radius 1 is 1.35 bits per heavy atom. The third-order valence-corrected chi connectivity index (χ3v) is 4.01. The van der Waals surface area contributed by atoms with E-state index in [1.54, 1.807) is 4.90 Å². The minimum atomic E-state index is -0.124. The normalized spacial score (nSPS) is 21.8. The Morgan fingerprint density at radius 3 is 2.60 bits per heavy atom. The second-order valence-corrected chi connectivity index (χ2v) is 5.99. The highest BCUT2D eigenvalue weighted by molar-refractivity contribution is 5.96. The smallest absolute Gasteiger partial charge is 0.245 e. The maximum absolute atomic E-state index is 12.3. The molecule has 1 amide bonds. The highest BCUT2D eigenvalue weighted by Gasteiger charge is 2.37. The van der Waals surface area contributed by atoms with Crippen molar-refractivity contribution in [1.82, 2.24) is 4.90 Å². The molecule has 1 heterocycles. The molecule has 3 heteroatoms. The molecular formula is C17H21NO2. The van der Waals surface area contributed by atoms with E-state index in [9.17, 15) is 9.59 Å². The predicted octanol–water partition coefficient (Wildman–Crippen LogP) is 2.99. The van der Waals surface area contributed by atoms with Crippen molar-refractivity contribution in [2.24, 2.45) is 5.41 Å². The van der Waals surface area contributed by atoms with Gasteiger partial charge in [-0.15, -0.1) is 0 Å². The van der Waals surface area contributed by atoms with Gasteiger partial charge in [-0.3, -0.25) is 9.59 Å². The summed E-state index contributed by atoms with van der Waals surface area (Å²) in [6.45, 7) is 8.94. The van der Waals surface area contributed by atoms with E-state index in [1.165, 1.54) is 6.08 Å². The molecule has 1 aromatic rings. The fraction of sp³-hybridized carbons (Fsp3) is 0.412. The zero-order valence-corrected chi connectivity index (χ0v) is 12.2. The molecule has 20 heavy (non-hydrogen) atoms. The van der Waals surface area contributed by atoms with E-state index in [0.717, 1.165) is 17.5 Å². The van der Waals surface area contributed by atoms with Gasteiger partial charge in [0.1, 0.15) is 0 Å². The van der Waals surface area contributed by atoms with Crippen LogP contribution < -0.4 is 0 Å². The minimum absolute atomic E-state index is 0.0449. The molecule has 3 nitrogen and oxygen atoms in total. The van der Waals surface area contributed by atoms with E-state index >= 15 is 0 Å². The number of carbonyl (C=O) groups excluding carboxylic acids is 2. The van der Waals surface area contributed by atoms with Crippen molar-refractivity contribution in [3.05, 3.63) is 48.0 Å². The van der Waals surface area contributed by atoms with E-state index in [-0.39, 0.29) is 17.1 Å². The van der Waals surface area contributed by atoms with Crippen LogP contribution in [0.25, 0.3) is 0 Å². The highest BCUT2D eigenvalue weighted by Crippen LogP contribution is 2.34. The number of nitrogens with zero attached hydrogens (tertiary/aromatic N) is 1. The lowest BCUT2D eigenvalue weighted by Gasteiger charge is -2.23. The number of hydrogen-bond acceptors (Lipinski definition) is 2. The topological polar surface area (TPSA) is 37.4 Å². The van der Waals surface area contributed by atoms with Crippen molar-refractivity contribution >= 4 is 11.7 Å². The van der Waals surface area contributed by atoms with Gasteiger partial charge in [-0.2, -0.15) is 0 Å². The monoisotopic (exact) mass is 271 g/mol. The van der Waals surface area contributed by atoms with Gasteiger partial charge in [-0.25, -0.2) is 0 Å². The van der Waals surface area contributed by atoms with Crippen molar-refractivity contribution in [2.45, 2.75) is 26.7 Å². The largest absolute Gasteiger partial charge is 0.339 e. The van der Waals surface area contributed by atoms with Crippen LogP contribution in [0.1, 0.15) is 35.7 Å².